The maximum absolute atomic E-state index is 12.5. The Hall–Kier alpha value is -2.42. The van der Waals surface area contributed by atoms with Crippen molar-refractivity contribution in [3.63, 3.8) is 0 Å². The normalized spacial score (nSPS) is 10.3. The molecule has 0 N–H and O–H groups in total. The molecule has 0 aliphatic heterocycles. The first kappa shape index (κ1) is 14.0. The van der Waals surface area contributed by atoms with Gasteiger partial charge in [-0.3, -0.25) is 4.79 Å². The number of carboxylic acid groups (broad SMARTS) is 1. The van der Waals surface area contributed by atoms with Crippen LogP contribution in [-0.2, 0) is 0 Å². The number of rotatable bonds is 3. The molecule has 0 aromatic heterocycles. The summed E-state index contributed by atoms with van der Waals surface area (Å²) in [7, 11) is 0. The Morgan fingerprint density at radius 3 is 1.75 bits per heavy atom. The zero-order chi connectivity index (χ0) is 14.9. The third kappa shape index (κ3) is 2.62. The van der Waals surface area contributed by atoms with Gasteiger partial charge < -0.3 is 9.90 Å². The molecule has 0 saturated carbocycles. The molecule has 3 nitrogen and oxygen atoms in total. The number of carboxylic acids is 1. The molecule has 0 atom stereocenters. The van der Waals surface area contributed by atoms with E-state index in [9.17, 15) is 14.7 Å². The predicted molar refractivity (Wildman–Crippen MR) is 74.9 cm³/mol. The first-order valence-electron chi connectivity index (χ1n) is 6.34. The van der Waals surface area contributed by atoms with Gasteiger partial charge in [-0.25, -0.2) is 0 Å². The molecule has 0 bridgehead atoms. The van der Waals surface area contributed by atoms with Crippen molar-refractivity contribution in [2.75, 3.05) is 0 Å². The van der Waals surface area contributed by atoms with Crippen molar-refractivity contribution in [2.45, 2.75) is 20.8 Å². The van der Waals surface area contributed by atoms with Gasteiger partial charge in [-0.2, -0.15) is 0 Å². The van der Waals surface area contributed by atoms with Crippen LogP contribution in [0.4, 0.5) is 0 Å². The predicted octanol–water partition coefficient (Wildman–Crippen LogP) is 2.21. The molecule has 0 radical (unpaired) electrons. The van der Waals surface area contributed by atoms with E-state index in [1.165, 1.54) is 24.3 Å². The number of aromatic carboxylic acids is 1. The second-order valence-corrected chi connectivity index (χ2v) is 4.97. The van der Waals surface area contributed by atoms with E-state index in [4.69, 9.17) is 0 Å². The van der Waals surface area contributed by atoms with Gasteiger partial charge in [0.15, 0.2) is 5.78 Å². The highest BCUT2D eigenvalue weighted by Crippen LogP contribution is 2.20. The summed E-state index contributed by atoms with van der Waals surface area (Å²) < 4.78 is 0. The lowest BCUT2D eigenvalue weighted by molar-refractivity contribution is -0.255. The maximum atomic E-state index is 12.5. The first-order valence-corrected chi connectivity index (χ1v) is 6.34. The monoisotopic (exact) mass is 267 g/mol. The summed E-state index contributed by atoms with van der Waals surface area (Å²) in [6.07, 6.45) is 0. The molecular formula is C17H15O3-. The van der Waals surface area contributed by atoms with Crippen molar-refractivity contribution in [1.29, 1.82) is 0 Å². The third-order valence-electron chi connectivity index (χ3n) is 3.29. The fraction of sp³-hybridized carbons (Fsp3) is 0.176. The Labute approximate surface area is 117 Å². The van der Waals surface area contributed by atoms with Gasteiger partial charge >= 0.3 is 0 Å². The number of carbonyl (C=O) groups excluding carboxylic acids is 2. The van der Waals surface area contributed by atoms with E-state index in [0.29, 0.717) is 11.1 Å². The number of hydrogen-bond acceptors (Lipinski definition) is 3. The smallest absolute Gasteiger partial charge is 0.193 e. The van der Waals surface area contributed by atoms with E-state index in [1.54, 1.807) is 0 Å². The largest absolute Gasteiger partial charge is 0.545 e. The highest BCUT2D eigenvalue weighted by atomic mass is 16.4. The standard InChI is InChI=1S/C17H16O3/c1-10-8-11(2)15(12(3)9-10)16(18)13-4-6-14(7-5-13)17(19)20/h4-9H,1-3H3,(H,19,20)/p-1. The molecule has 20 heavy (non-hydrogen) atoms. The van der Waals surface area contributed by atoms with Crippen LogP contribution in [0.3, 0.4) is 0 Å². The molecule has 0 saturated heterocycles. The Balaban J connectivity index is 2.44. The van der Waals surface area contributed by atoms with Crippen LogP contribution in [-0.4, -0.2) is 11.8 Å². The number of benzene rings is 2. The van der Waals surface area contributed by atoms with Gasteiger partial charge in [-0.15, -0.1) is 0 Å². The Kier molecular flexibility index (Phi) is 3.70. The van der Waals surface area contributed by atoms with E-state index < -0.39 is 5.97 Å². The lowest BCUT2D eigenvalue weighted by Gasteiger charge is -2.11. The van der Waals surface area contributed by atoms with Crippen LogP contribution in [0.5, 0.6) is 0 Å². The molecule has 2 aromatic carbocycles. The number of carbonyl (C=O) groups is 2. The lowest BCUT2D eigenvalue weighted by atomic mass is 9.93. The molecule has 2 aromatic rings. The molecule has 102 valence electrons. The van der Waals surface area contributed by atoms with Crippen molar-refractivity contribution < 1.29 is 14.7 Å². The zero-order valence-electron chi connectivity index (χ0n) is 11.7. The SMILES string of the molecule is Cc1cc(C)c(C(=O)c2ccc(C(=O)[O-])cc2)c(C)c1. The summed E-state index contributed by atoms with van der Waals surface area (Å²) in [6, 6.07) is 9.76. The van der Waals surface area contributed by atoms with Gasteiger partial charge in [0.1, 0.15) is 0 Å². The van der Waals surface area contributed by atoms with Gasteiger partial charge in [0.05, 0.1) is 5.97 Å². The van der Waals surface area contributed by atoms with Gasteiger partial charge in [0.2, 0.25) is 0 Å². The Bertz CT molecular complexity index is 659. The minimum absolute atomic E-state index is 0.0684. The van der Waals surface area contributed by atoms with Crippen LogP contribution in [0.2, 0.25) is 0 Å². The van der Waals surface area contributed by atoms with Gasteiger partial charge in [0, 0.05) is 11.1 Å². The molecule has 0 amide bonds. The number of aryl methyl sites for hydroxylation is 3. The summed E-state index contributed by atoms with van der Waals surface area (Å²) in [5.41, 5.74) is 4.19. The van der Waals surface area contributed by atoms with Gasteiger partial charge in [0.25, 0.3) is 0 Å². The number of hydrogen-bond donors (Lipinski definition) is 0. The quantitative estimate of drug-likeness (QED) is 0.801. The molecule has 3 heteroatoms. The first-order chi connectivity index (χ1) is 9.40. The topological polar surface area (TPSA) is 57.2 Å². The van der Waals surface area contributed by atoms with Crippen LogP contribution in [0.1, 0.15) is 43.0 Å². The molecular weight excluding hydrogens is 252 g/mol. The molecule has 2 rings (SSSR count). The second kappa shape index (κ2) is 5.29. The van der Waals surface area contributed by atoms with Gasteiger partial charge in [-0.1, -0.05) is 42.0 Å². The van der Waals surface area contributed by atoms with Crippen LogP contribution in [0.25, 0.3) is 0 Å². The molecule has 0 aliphatic carbocycles. The Morgan fingerprint density at radius 2 is 1.30 bits per heavy atom. The molecule has 0 spiro atoms. The van der Waals surface area contributed by atoms with Crippen LogP contribution < -0.4 is 5.11 Å². The minimum atomic E-state index is -1.24. The average Bonchev–Trinajstić information content (AvgIpc) is 2.37. The number of ketones is 1. The van der Waals surface area contributed by atoms with Crippen LogP contribution >= 0.6 is 0 Å². The summed E-state index contributed by atoms with van der Waals surface area (Å²) in [6.45, 7) is 5.80. The summed E-state index contributed by atoms with van der Waals surface area (Å²) in [5, 5.41) is 10.7. The second-order valence-electron chi connectivity index (χ2n) is 4.97. The van der Waals surface area contributed by atoms with E-state index in [2.05, 4.69) is 0 Å². The average molecular weight is 267 g/mol. The minimum Gasteiger partial charge on any atom is -0.545 e. The van der Waals surface area contributed by atoms with Crippen molar-refractivity contribution >= 4 is 11.8 Å². The molecule has 0 fully saturated rings. The Morgan fingerprint density at radius 1 is 0.850 bits per heavy atom. The molecule has 0 unspecified atom stereocenters. The highest BCUT2D eigenvalue weighted by molar-refractivity contribution is 6.11. The summed E-state index contributed by atoms with van der Waals surface area (Å²) in [4.78, 5) is 23.2. The van der Waals surface area contributed by atoms with E-state index in [-0.39, 0.29) is 11.3 Å². The molecule has 0 heterocycles. The molecule has 0 aliphatic rings. The lowest BCUT2D eigenvalue weighted by Crippen LogP contribution is -2.22. The van der Waals surface area contributed by atoms with Crippen molar-refractivity contribution in [2.24, 2.45) is 0 Å². The van der Waals surface area contributed by atoms with E-state index >= 15 is 0 Å². The van der Waals surface area contributed by atoms with E-state index in [1.807, 2.05) is 32.9 Å². The van der Waals surface area contributed by atoms with Crippen molar-refractivity contribution in [3.8, 4) is 0 Å². The van der Waals surface area contributed by atoms with Crippen molar-refractivity contribution in [3.05, 3.63) is 69.8 Å². The maximum Gasteiger partial charge on any atom is 0.193 e. The zero-order valence-corrected chi connectivity index (χ0v) is 11.7. The van der Waals surface area contributed by atoms with Crippen molar-refractivity contribution in [1.82, 2.24) is 0 Å². The van der Waals surface area contributed by atoms with E-state index in [0.717, 1.165) is 16.7 Å². The summed E-state index contributed by atoms with van der Waals surface area (Å²) in [5.74, 6) is -1.34. The highest BCUT2D eigenvalue weighted by Gasteiger charge is 2.14. The van der Waals surface area contributed by atoms with Crippen LogP contribution in [0, 0.1) is 20.8 Å². The van der Waals surface area contributed by atoms with Crippen LogP contribution in [0.15, 0.2) is 36.4 Å². The fourth-order valence-corrected chi connectivity index (χ4v) is 2.44. The van der Waals surface area contributed by atoms with Gasteiger partial charge in [-0.05, 0) is 37.5 Å². The fourth-order valence-electron chi connectivity index (χ4n) is 2.44. The summed E-state index contributed by atoms with van der Waals surface area (Å²) >= 11 is 0. The third-order valence-corrected chi connectivity index (χ3v) is 3.29.